The minimum absolute atomic E-state index is 0.0380. The summed E-state index contributed by atoms with van der Waals surface area (Å²) in [4.78, 5) is 28.5. The Labute approximate surface area is 256 Å². The number of aliphatic hydroxyl groups is 1. The molecular weight excluding hydrogens is 583 g/mol. The second-order valence-electron chi connectivity index (χ2n) is 9.68. The van der Waals surface area contributed by atoms with Gasteiger partial charge < -0.3 is 14.6 Å². The summed E-state index contributed by atoms with van der Waals surface area (Å²) < 4.78 is 11.6. The molecule has 1 aliphatic rings. The van der Waals surface area contributed by atoms with E-state index < -0.39 is 17.7 Å². The Morgan fingerprint density at radius 1 is 0.953 bits per heavy atom. The molecule has 0 spiro atoms. The van der Waals surface area contributed by atoms with Crippen molar-refractivity contribution in [1.82, 2.24) is 10.2 Å². The number of methoxy groups -OCH3 is 1. The molecule has 10 heteroatoms. The van der Waals surface area contributed by atoms with E-state index in [4.69, 9.17) is 9.47 Å². The molecule has 216 valence electrons. The molecule has 6 rings (SSSR count). The smallest absolute Gasteiger partial charge is 0.301 e. The Bertz CT molecular complexity index is 1850. The number of benzene rings is 4. The zero-order chi connectivity index (χ0) is 29.9. The number of aliphatic hydroxyl groups excluding tert-OH is 1. The van der Waals surface area contributed by atoms with Gasteiger partial charge in [0.2, 0.25) is 5.13 Å². The Kier molecular flexibility index (Phi) is 8.13. The van der Waals surface area contributed by atoms with E-state index >= 15 is 0 Å². The lowest BCUT2D eigenvalue weighted by atomic mass is 9.95. The van der Waals surface area contributed by atoms with Gasteiger partial charge in [0.1, 0.15) is 17.3 Å². The average Bonchev–Trinajstić information content (AvgIpc) is 3.61. The van der Waals surface area contributed by atoms with Crippen LogP contribution in [0.15, 0.2) is 101 Å². The molecule has 43 heavy (non-hydrogen) atoms. The highest BCUT2D eigenvalue weighted by atomic mass is 32.2. The predicted octanol–water partition coefficient (Wildman–Crippen LogP) is 7.02. The number of hydrogen-bond donors (Lipinski definition) is 1. The largest absolute Gasteiger partial charge is 0.507 e. The zero-order valence-corrected chi connectivity index (χ0v) is 25.0. The standard InChI is InChI=1S/C33H27N3O5S2/c1-3-41-25-12-7-10-22(18-25)28-27(29(37)21-14-16-24(40-2)17-15-21)30(38)31(39)36(28)32-34-35-33(43-32)42-19-23-11-6-9-20-8-4-5-13-26(20)23/h4-18,28,37H,3,19H2,1-2H3. The summed E-state index contributed by atoms with van der Waals surface area (Å²) in [5.74, 6) is -0.0418. The van der Waals surface area contributed by atoms with Crippen molar-refractivity contribution in [2.45, 2.75) is 23.1 Å². The number of carbonyl (C=O) groups excluding carboxylic acids is 2. The maximum atomic E-state index is 13.6. The summed E-state index contributed by atoms with van der Waals surface area (Å²) >= 11 is 2.74. The van der Waals surface area contributed by atoms with Gasteiger partial charge in [-0.1, -0.05) is 77.7 Å². The number of aromatic nitrogens is 2. The van der Waals surface area contributed by atoms with Crippen LogP contribution in [0.5, 0.6) is 11.5 Å². The highest BCUT2D eigenvalue weighted by molar-refractivity contribution is 8.00. The van der Waals surface area contributed by atoms with Gasteiger partial charge in [-0.15, -0.1) is 10.2 Å². The number of Topliss-reactive ketones (excluding diaryl/α,β-unsaturated/α-hetero) is 1. The number of amides is 1. The Morgan fingerprint density at radius 3 is 2.51 bits per heavy atom. The van der Waals surface area contributed by atoms with Gasteiger partial charge in [-0.25, -0.2) is 0 Å². The van der Waals surface area contributed by atoms with Gasteiger partial charge in [0.15, 0.2) is 4.34 Å². The number of nitrogens with zero attached hydrogens (tertiary/aromatic N) is 3. The van der Waals surface area contributed by atoms with Crippen molar-refractivity contribution in [1.29, 1.82) is 0 Å². The molecule has 5 aromatic rings. The second-order valence-corrected chi connectivity index (χ2v) is 11.9. The highest BCUT2D eigenvalue weighted by Gasteiger charge is 2.48. The minimum Gasteiger partial charge on any atom is -0.507 e. The molecule has 1 fully saturated rings. The normalized spacial score (nSPS) is 16.1. The summed E-state index contributed by atoms with van der Waals surface area (Å²) in [5, 5.41) is 22.7. The Balaban J connectivity index is 1.38. The van der Waals surface area contributed by atoms with E-state index in [-0.39, 0.29) is 16.5 Å². The zero-order valence-electron chi connectivity index (χ0n) is 23.4. The van der Waals surface area contributed by atoms with Gasteiger partial charge in [-0.2, -0.15) is 0 Å². The molecule has 1 unspecified atom stereocenters. The summed E-state index contributed by atoms with van der Waals surface area (Å²) in [5.41, 5.74) is 2.10. The van der Waals surface area contributed by atoms with Crippen LogP contribution in [-0.4, -0.2) is 40.7 Å². The number of carbonyl (C=O) groups is 2. The number of hydrogen-bond acceptors (Lipinski definition) is 9. The van der Waals surface area contributed by atoms with Gasteiger partial charge in [-0.05, 0) is 65.2 Å². The van der Waals surface area contributed by atoms with Crippen LogP contribution in [0.3, 0.4) is 0 Å². The molecule has 0 bridgehead atoms. The quantitative estimate of drug-likeness (QED) is 0.0626. The van der Waals surface area contributed by atoms with Crippen LogP contribution >= 0.6 is 23.1 Å². The van der Waals surface area contributed by atoms with Gasteiger partial charge in [-0.3, -0.25) is 14.5 Å². The molecule has 1 atom stereocenters. The molecule has 1 aromatic heterocycles. The van der Waals surface area contributed by atoms with E-state index in [1.807, 2.05) is 25.1 Å². The second kappa shape index (κ2) is 12.3. The molecule has 0 radical (unpaired) electrons. The topological polar surface area (TPSA) is 102 Å². The number of anilines is 1. The Morgan fingerprint density at radius 2 is 1.72 bits per heavy atom. The molecule has 1 N–H and O–H groups in total. The van der Waals surface area contributed by atoms with Crippen LogP contribution in [-0.2, 0) is 15.3 Å². The number of ether oxygens (including phenoxy) is 2. The fraction of sp³-hybridized carbons (Fsp3) is 0.152. The molecule has 2 heterocycles. The van der Waals surface area contributed by atoms with E-state index in [2.05, 4.69) is 34.5 Å². The van der Waals surface area contributed by atoms with Crippen LogP contribution < -0.4 is 14.4 Å². The maximum Gasteiger partial charge on any atom is 0.301 e. The first kappa shape index (κ1) is 28.4. The van der Waals surface area contributed by atoms with Crippen LogP contribution in [0.2, 0.25) is 0 Å². The third-order valence-corrected chi connectivity index (χ3v) is 9.23. The van der Waals surface area contributed by atoms with Crippen molar-refractivity contribution in [3.63, 3.8) is 0 Å². The van der Waals surface area contributed by atoms with Crippen LogP contribution in [0, 0.1) is 0 Å². The number of thioether (sulfide) groups is 1. The van der Waals surface area contributed by atoms with Crippen molar-refractivity contribution >= 4 is 56.5 Å². The SMILES string of the molecule is CCOc1cccc(C2C(=C(O)c3ccc(OC)cc3)C(=O)C(=O)N2c2nnc(SCc3cccc4ccccc34)s2)c1. The van der Waals surface area contributed by atoms with E-state index in [0.29, 0.717) is 39.3 Å². The van der Waals surface area contributed by atoms with Gasteiger partial charge in [0, 0.05) is 11.3 Å². The van der Waals surface area contributed by atoms with E-state index in [9.17, 15) is 14.7 Å². The van der Waals surface area contributed by atoms with Crippen molar-refractivity contribution < 1.29 is 24.2 Å². The maximum absolute atomic E-state index is 13.6. The number of rotatable bonds is 9. The molecule has 0 aliphatic carbocycles. The van der Waals surface area contributed by atoms with Gasteiger partial charge in [0.05, 0.1) is 25.3 Å². The van der Waals surface area contributed by atoms with Crippen molar-refractivity contribution in [2.75, 3.05) is 18.6 Å². The van der Waals surface area contributed by atoms with E-state index in [1.54, 1.807) is 55.6 Å². The van der Waals surface area contributed by atoms with Crippen LogP contribution in [0.25, 0.3) is 16.5 Å². The first-order valence-electron chi connectivity index (χ1n) is 13.6. The molecule has 1 amide bonds. The molecule has 8 nitrogen and oxygen atoms in total. The van der Waals surface area contributed by atoms with E-state index in [1.165, 1.54) is 33.4 Å². The average molecular weight is 610 g/mol. The number of ketones is 1. The lowest BCUT2D eigenvalue weighted by molar-refractivity contribution is -0.132. The molecule has 0 saturated carbocycles. The lowest BCUT2D eigenvalue weighted by Crippen LogP contribution is -2.29. The third-order valence-electron chi connectivity index (χ3n) is 7.13. The van der Waals surface area contributed by atoms with Crippen molar-refractivity contribution in [3.8, 4) is 11.5 Å². The van der Waals surface area contributed by atoms with Crippen molar-refractivity contribution in [2.24, 2.45) is 0 Å². The molecular formula is C33H27N3O5S2. The lowest BCUT2D eigenvalue weighted by Gasteiger charge is -2.23. The fourth-order valence-electron chi connectivity index (χ4n) is 5.11. The summed E-state index contributed by atoms with van der Waals surface area (Å²) in [6.45, 7) is 2.32. The van der Waals surface area contributed by atoms with Gasteiger partial charge >= 0.3 is 5.91 Å². The third kappa shape index (κ3) is 5.59. The van der Waals surface area contributed by atoms with Crippen molar-refractivity contribution in [3.05, 3.63) is 113 Å². The van der Waals surface area contributed by atoms with Gasteiger partial charge in [0.25, 0.3) is 5.78 Å². The Hall–Kier alpha value is -4.67. The monoisotopic (exact) mass is 609 g/mol. The minimum atomic E-state index is -0.939. The molecule has 1 aliphatic heterocycles. The summed E-state index contributed by atoms with van der Waals surface area (Å²) in [6, 6.07) is 27.3. The molecule has 4 aromatic carbocycles. The first-order valence-corrected chi connectivity index (χ1v) is 15.4. The number of fused-ring (bicyclic) bond motifs is 1. The van der Waals surface area contributed by atoms with Crippen LogP contribution in [0.4, 0.5) is 5.13 Å². The summed E-state index contributed by atoms with van der Waals surface area (Å²) in [7, 11) is 1.54. The highest BCUT2D eigenvalue weighted by Crippen LogP contribution is 2.44. The van der Waals surface area contributed by atoms with E-state index in [0.717, 1.165) is 10.9 Å². The molecule has 1 saturated heterocycles. The van der Waals surface area contributed by atoms with Crippen LogP contribution in [0.1, 0.15) is 29.7 Å². The summed E-state index contributed by atoms with van der Waals surface area (Å²) in [6.07, 6.45) is 0. The predicted molar refractivity (Wildman–Crippen MR) is 169 cm³/mol. The fourth-order valence-corrected chi connectivity index (χ4v) is 6.98. The first-order chi connectivity index (χ1) is 21.0.